The average Bonchev–Trinajstić information content (AvgIpc) is 2.98. The molecule has 3 aliphatic rings. The fraction of sp³-hybridized carbons (Fsp3) is 1.00. The quantitative estimate of drug-likeness (QED) is 0.732. The van der Waals surface area contributed by atoms with Crippen LogP contribution in [0.3, 0.4) is 0 Å². The molecule has 0 aromatic carbocycles. The molecule has 3 rings (SSSR count). The van der Waals surface area contributed by atoms with Gasteiger partial charge in [0.1, 0.15) is 0 Å². The summed E-state index contributed by atoms with van der Waals surface area (Å²) in [7, 11) is 1.76. The third-order valence-corrected chi connectivity index (χ3v) is 6.55. The maximum atomic E-state index is 6.38. The maximum absolute atomic E-state index is 6.38. The van der Waals surface area contributed by atoms with Crippen molar-refractivity contribution in [3.8, 4) is 0 Å². The van der Waals surface area contributed by atoms with Crippen molar-refractivity contribution in [2.75, 3.05) is 53.1 Å². The van der Waals surface area contributed by atoms with E-state index >= 15 is 0 Å². The number of methoxy groups -OCH3 is 1. The van der Waals surface area contributed by atoms with E-state index in [9.17, 15) is 0 Å². The Hall–Kier alpha value is -0.200. The van der Waals surface area contributed by atoms with Crippen molar-refractivity contribution in [2.45, 2.75) is 70.2 Å². The number of piperidine rings is 1. The molecular weight excluding hydrogens is 316 g/mol. The number of hydrogen-bond acceptors (Lipinski definition) is 5. The summed E-state index contributed by atoms with van der Waals surface area (Å²) < 4.78 is 17.4. The van der Waals surface area contributed by atoms with E-state index < -0.39 is 0 Å². The monoisotopic (exact) mass is 354 g/mol. The third kappa shape index (κ3) is 4.95. The molecule has 25 heavy (non-hydrogen) atoms. The minimum atomic E-state index is 0.180. The van der Waals surface area contributed by atoms with E-state index in [-0.39, 0.29) is 11.7 Å². The fourth-order valence-corrected chi connectivity index (χ4v) is 4.95. The highest BCUT2D eigenvalue weighted by molar-refractivity contribution is 4.95. The summed E-state index contributed by atoms with van der Waals surface area (Å²) in [4.78, 5) is 5.17. The lowest BCUT2D eigenvalue weighted by Crippen LogP contribution is -2.48. The Kier molecular flexibility index (Phi) is 6.77. The van der Waals surface area contributed by atoms with Crippen LogP contribution < -0.4 is 0 Å². The van der Waals surface area contributed by atoms with E-state index in [1.807, 2.05) is 0 Å². The standard InChI is InChI=1S/C20H38N2O3/c1-16(2)21-7-5-20(6-8-21)12-18(14-25-20)11-17(3)22-9-10-24-19(13-22)15-23-4/h16-19H,5-15H2,1-4H3. The van der Waals surface area contributed by atoms with Crippen LogP contribution in [-0.4, -0.2) is 86.7 Å². The number of ether oxygens (including phenoxy) is 3. The Bertz CT molecular complexity index is 408. The van der Waals surface area contributed by atoms with Gasteiger partial charge in [0.05, 0.1) is 31.5 Å². The lowest BCUT2D eigenvalue weighted by atomic mass is 9.83. The van der Waals surface area contributed by atoms with E-state index in [1.165, 1.54) is 38.8 Å². The van der Waals surface area contributed by atoms with Gasteiger partial charge < -0.3 is 19.1 Å². The molecule has 5 heteroatoms. The first-order valence-corrected chi connectivity index (χ1v) is 10.2. The predicted molar refractivity (Wildman–Crippen MR) is 100 cm³/mol. The van der Waals surface area contributed by atoms with Gasteiger partial charge in [-0.3, -0.25) is 4.90 Å². The smallest absolute Gasteiger partial charge is 0.0935 e. The van der Waals surface area contributed by atoms with Gasteiger partial charge in [-0.25, -0.2) is 0 Å². The first-order chi connectivity index (χ1) is 12.0. The molecule has 3 fully saturated rings. The molecule has 5 nitrogen and oxygen atoms in total. The summed E-state index contributed by atoms with van der Waals surface area (Å²) in [6.07, 6.45) is 5.16. The molecular formula is C20H38N2O3. The van der Waals surface area contributed by atoms with Crippen molar-refractivity contribution in [2.24, 2.45) is 5.92 Å². The van der Waals surface area contributed by atoms with Gasteiger partial charge in [-0.05, 0) is 52.4 Å². The zero-order chi connectivity index (χ0) is 17.9. The van der Waals surface area contributed by atoms with Crippen molar-refractivity contribution >= 4 is 0 Å². The summed E-state index contributed by atoms with van der Waals surface area (Å²) in [5, 5.41) is 0. The molecule has 0 aliphatic carbocycles. The Morgan fingerprint density at radius 1 is 1.12 bits per heavy atom. The van der Waals surface area contributed by atoms with Crippen LogP contribution in [0.5, 0.6) is 0 Å². The highest BCUT2D eigenvalue weighted by Gasteiger charge is 2.43. The molecule has 0 aromatic rings. The van der Waals surface area contributed by atoms with E-state index in [1.54, 1.807) is 7.11 Å². The first-order valence-electron chi connectivity index (χ1n) is 10.2. The topological polar surface area (TPSA) is 34.2 Å². The normalized spacial score (nSPS) is 32.5. The van der Waals surface area contributed by atoms with E-state index in [0.717, 1.165) is 26.3 Å². The number of rotatable bonds is 6. The Labute approximate surface area is 154 Å². The van der Waals surface area contributed by atoms with Gasteiger partial charge in [0, 0.05) is 45.4 Å². The van der Waals surface area contributed by atoms with Gasteiger partial charge >= 0.3 is 0 Å². The maximum Gasteiger partial charge on any atom is 0.0935 e. The lowest BCUT2D eigenvalue weighted by molar-refractivity contribution is -0.0722. The lowest BCUT2D eigenvalue weighted by Gasteiger charge is -2.40. The van der Waals surface area contributed by atoms with Crippen LogP contribution in [0.15, 0.2) is 0 Å². The second-order valence-electron chi connectivity index (χ2n) is 8.72. The molecule has 0 aromatic heterocycles. The minimum Gasteiger partial charge on any atom is -0.382 e. The third-order valence-electron chi connectivity index (χ3n) is 6.55. The van der Waals surface area contributed by atoms with Gasteiger partial charge in [-0.2, -0.15) is 0 Å². The summed E-state index contributed by atoms with van der Waals surface area (Å²) in [5.74, 6) is 0.712. The van der Waals surface area contributed by atoms with Crippen LogP contribution in [-0.2, 0) is 14.2 Å². The summed E-state index contributed by atoms with van der Waals surface area (Å²) >= 11 is 0. The molecule has 0 radical (unpaired) electrons. The van der Waals surface area contributed by atoms with Crippen LogP contribution >= 0.6 is 0 Å². The van der Waals surface area contributed by atoms with Crippen LogP contribution in [0.25, 0.3) is 0 Å². The average molecular weight is 355 g/mol. The minimum absolute atomic E-state index is 0.180. The van der Waals surface area contributed by atoms with Crippen molar-refractivity contribution in [3.63, 3.8) is 0 Å². The second kappa shape index (κ2) is 8.66. The van der Waals surface area contributed by atoms with Crippen molar-refractivity contribution in [1.82, 2.24) is 9.80 Å². The van der Waals surface area contributed by atoms with Gasteiger partial charge in [0.25, 0.3) is 0 Å². The predicted octanol–water partition coefficient (Wildman–Crippen LogP) is 2.39. The van der Waals surface area contributed by atoms with Gasteiger partial charge in [-0.15, -0.1) is 0 Å². The molecule has 3 saturated heterocycles. The summed E-state index contributed by atoms with van der Waals surface area (Å²) in [6, 6.07) is 1.26. The first kappa shape index (κ1) is 19.6. The molecule has 3 unspecified atom stereocenters. The zero-order valence-electron chi connectivity index (χ0n) is 16.7. The van der Waals surface area contributed by atoms with Crippen LogP contribution in [0.1, 0.15) is 46.5 Å². The van der Waals surface area contributed by atoms with Crippen LogP contribution in [0.2, 0.25) is 0 Å². The van der Waals surface area contributed by atoms with Crippen LogP contribution in [0, 0.1) is 5.92 Å². The van der Waals surface area contributed by atoms with Gasteiger partial charge in [0.2, 0.25) is 0 Å². The van der Waals surface area contributed by atoms with E-state index in [2.05, 4.69) is 30.6 Å². The van der Waals surface area contributed by atoms with Gasteiger partial charge in [0.15, 0.2) is 0 Å². The molecule has 0 saturated carbocycles. The molecule has 0 N–H and O–H groups in total. The molecule has 3 aliphatic heterocycles. The Morgan fingerprint density at radius 3 is 2.56 bits per heavy atom. The van der Waals surface area contributed by atoms with E-state index in [4.69, 9.17) is 14.2 Å². The molecule has 1 spiro atoms. The van der Waals surface area contributed by atoms with Crippen molar-refractivity contribution < 1.29 is 14.2 Å². The molecule has 3 atom stereocenters. The summed E-state index contributed by atoms with van der Waals surface area (Å²) in [5.41, 5.74) is 0.180. The fourth-order valence-electron chi connectivity index (χ4n) is 4.95. The molecule has 146 valence electrons. The Morgan fingerprint density at radius 2 is 1.88 bits per heavy atom. The molecule has 3 heterocycles. The number of likely N-dealkylation sites (tertiary alicyclic amines) is 1. The van der Waals surface area contributed by atoms with Crippen LogP contribution in [0.4, 0.5) is 0 Å². The van der Waals surface area contributed by atoms with Gasteiger partial charge in [-0.1, -0.05) is 0 Å². The summed E-state index contributed by atoms with van der Waals surface area (Å²) in [6.45, 7) is 13.9. The highest BCUT2D eigenvalue weighted by atomic mass is 16.5. The number of hydrogen-bond donors (Lipinski definition) is 0. The zero-order valence-corrected chi connectivity index (χ0v) is 16.7. The number of morpholine rings is 1. The van der Waals surface area contributed by atoms with Crippen molar-refractivity contribution in [1.29, 1.82) is 0 Å². The largest absolute Gasteiger partial charge is 0.382 e. The molecule has 0 bridgehead atoms. The number of nitrogens with zero attached hydrogens (tertiary/aromatic N) is 2. The molecule has 0 amide bonds. The van der Waals surface area contributed by atoms with Crippen molar-refractivity contribution in [3.05, 3.63) is 0 Å². The SMILES string of the molecule is COCC1CN(C(C)CC2COC3(CCN(C(C)C)CC3)C2)CCO1. The Balaban J connectivity index is 1.45. The van der Waals surface area contributed by atoms with E-state index in [0.29, 0.717) is 24.6 Å². The second-order valence-corrected chi connectivity index (χ2v) is 8.72. The highest BCUT2D eigenvalue weighted by Crippen LogP contribution is 2.40.